The molecule has 0 aromatic heterocycles. The van der Waals surface area contributed by atoms with Gasteiger partial charge in [-0.2, -0.15) is 0 Å². The second kappa shape index (κ2) is 7.18. The van der Waals surface area contributed by atoms with Gasteiger partial charge in [-0.25, -0.2) is 0 Å². The first-order valence-electron chi connectivity index (χ1n) is 8.41. The molecule has 0 aromatic carbocycles. The van der Waals surface area contributed by atoms with Crippen molar-refractivity contribution in [2.45, 2.75) is 51.5 Å². The van der Waals surface area contributed by atoms with Crippen molar-refractivity contribution < 1.29 is 9.59 Å². The standard InChI is InChI=1S/C16H27N3O2.ClH/c1-12(10-19-8-4-6-14(19)20)18-15(21)16-7-3-2-5-13(16)9-17-11-16;/h12-13,17H,2-11H2,1H3,(H,18,21);1H/t12?,13-,16+;/m0./s1. The molecule has 3 fully saturated rings. The smallest absolute Gasteiger partial charge is 0.228 e. The number of carbonyl (C=O) groups excluding carboxylic acids is 2. The van der Waals surface area contributed by atoms with E-state index >= 15 is 0 Å². The molecule has 5 nitrogen and oxygen atoms in total. The minimum absolute atomic E-state index is 0. The van der Waals surface area contributed by atoms with Crippen LogP contribution in [0.5, 0.6) is 0 Å². The van der Waals surface area contributed by atoms with Crippen LogP contribution in [0.1, 0.15) is 45.4 Å². The molecule has 0 radical (unpaired) electrons. The lowest BCUT2D eigenvalue weighted by atomic mass is 9.67. The van der Waals surface area contributed by atoms with Crippen molar-refractivity contribution in [3.8, 4) is 0 Å². The predicted octanol–water partition coefficient (Wildman–Crippen LogP) is 1.32. The zero-order chi connectivity index (χ0) is 14.9. The number of halogens is 1. The van der Waals surface area contributed by atoms with E-state index in [-0.39, 0.29) is 35.7 Å². The van der Waals surface area contributed by atoms with E-state index in [0.717, 1.165) is 38.9 Å². The summed E-state index contributed by atoms with van der Waals surface area (Å²) < 4.78 is 0. The SMILES string of the molecule is CC(CN1CCCC1=O)NC(=O)[C@@]12CCCC[C@H]1CNC2.Cl. The third-order valence-electron chi connectivity index (χ3n) is 5.53. The fraction of sp³-hybridized carbons (Fsp3) is 0.875. The molecule has 1 aliphatic carbocycles. The van der Waals surface area contributed by atoms with Gasteiger partial charge in [0.05, 0.1) is 5.41 Å². The van der Waals surface area contributed by atoms with Gasteiger partial charge in [0.2, 0.25) is 11.8 Å². The highest BCUT2D eigenvalue weighted by atomic mass is 35.5. The molecule has 3 aliphatic rings. The zero-order valence-electron chi connectivity index (χ0n) is 13.4. The van der Waals surface area contributed by atoms with Crippen LogP contribution in [-0.2, 0) is 9.59 Å². The van der Waals surface area contributed by atoms with Crippen LogP contribution in [0.25, 0.3) is 0 Å². The molecule has 6 heteroatoms. The third kappa shape index (κ3) is 3.25. The van der Waals surface area contributed by atoms with E-state index < -0.39 is 0 Å². The molecule has 0 bridgehead atoms. The maximum absolute atomic E-state index is 12.8. The van der Waals surface area contributed by atoms with Gasteiger partial charge in [0.1, 0.15) is 0 Å². The number of fused-ring (bicyclic) bond motifs is 1. The van der Waals surface area contributed by atoms with E-state index in [4.69, 9.17) is 0 Å². The highest BCUT2D eigenvalue weighted by Crippen LogP contribution is 2.43. The van der Waals surface area contributed by atoms with Gasteiger partial charge in [-0.3, -0.25) is 9.59 Å². The van der Waals surface area contributed by atoms with Crippen molar-refractivity contribution >= 4 is 24.2 Å². The Morgan fingerprint density at radius 2 is 2.27 bits per heavy atom. The van der Waals surface area contributed by atoms with Crippen molar-refractivity contribution in [1.82, 2.24) is 15.5 Å². The minimum atomic E-state index is -0.193. The van der Waals surface area contributed by atoms with Gasteiger partial charge >= 0.3 is 0 Å². The molecule has 1 unspecified atom stereocenters. The summed E-state index contributed by atoms with van der Waals surface area (Å²) in [5.74, 6) is 0.926. The molecule has 2 saturated heterocycles. The molecule has 2 heterocycles. The van der Waals surface area contributed by atoms with Crippen LogP contribution in [0.15, 0.2) is 0 Å². The fourth-order valence-electron chi connectivity index (χ4n) is 4.33. The number of rotatable bonds is 4. The van der Waals surface area contributed by atoms with Crippen molar-refractivity contribution in [1.29, 1.82) is 0 Å². The largest absolute Gasteiger partial charge is 0.351 e. The molecule has 2 amide bonds. The van der Waals surface area contributed by atoms with Crippen molar-refractivity contribution in [2.24, 2.45) is 11.3 Å². The average Bonchev–Trinajstić information content (AvgIpc) is 3.06. The van der Waals surface area contributed by atoms with Crippen LogP contribution in [0, 0.1) is 11.3 Å². The molecular formula is C16H28ClN3O2. The Kier molecular flexibility index (Phi) is 5.72. The topological polar surface area (TPSA) is 61.4 Å². The van der Waals surface area contributed by atoms with Crippen LogP contribution in [0.3, 0.4) is 0 Å². The Labute approximate surface area is 139 Å². The highest BCUT2D eigenvalue weighted by Gasteiger charge is 2.50. The lowest BCUT2D eigenvalue weighted by Crippen LogP contribution is -2.52. The zero-order valence-corrected chi connectivity index (χ0v) is 14.2. The van der Waals surface area contributed by atoms with Gasteiger partial charge in [-0.05, 0) is 38.6 Å². The van der Waals surface area contributed by atoms with Gasteiger partial charge in [0, 0.05) is 32.1 Å². The van der Waals surface area contributed by atoms with Crippen LogP contribution in [0.4, 0.5) is 0 Å². The monoisotopic (exact) mass is 329 g/mol. The van der Waals surface area contributed by atoms with Crippen LogP contribution >= 0.6 is 12.4 Å². The first-order valence-corrected chi connectivity index (χ1v) is 8.41. The molecule has 2 N–H and O–H groups in total. The summed E-state index contributed by atoms with van der Waals surface area (Å²) in [5.41, 5.74) is -0.193. The number of nitrogens with one attached hydrogen (secondary N) is 2. The number of nitrogens with zero attached hydrogens (tertiary/aromatic N) is 1. The lowest BCUT2D eigenvalue weighted by Gasteiger charge is -2.38. The number of hydrogen-bond donors (Lipinski definition) is 2. The maximum Gasteiger partial charge on any atom is 0.228 e. The minimum Gasteiger partial charge on any atom is -0.351 e. The van der Waals surface area contributed by atoms with Gasteiger partial charge in [0.25, 0.3) is 0 Å². The fourth-order valence-corrected chi connectivity index (χ4v) is 4.33. The molecule has 3 atom stereocenters. The quantitative estimate of drug-likeness (QED) is 0.817. The first kappa shape index (κ1) is 17.5. The molecule has 126 valence electrons. The van der Waals surface area contributed by atoms with Crippen molar-refractivity contribution in [3.05, 3.63) is 0 Å². The molecule has 3 rings (SSSR count). The lowest BCUT2D eigenvalue weighted by molar-refractivity contribution is -0.135. The number of amides is 2. The Balaban J connectivity index is 0.00000176. The average molecular weight is 330 g/mol. The highest BCUT2D eigenvalue weighted by molar-refractivity contribution is 5.85. The summed E-state index contributed by atoms with van der Waals surface area (Å²) in [7, 11) is 0. The van der Waals surface area contributed by atoms with Crippen LogP contribution in [-0.4, -0.2) is 48.9 Å². The van der Waals surface area contributed by atoms with E-state index in [0.29, 0.717) is 18.9 Å². The van der Waals surface area contributed by atoms with Crippen LogP contribution in [0.2, 0.25) is 0 Å². The molecule has 2 aliphatic heterocycles. The van der Waals surface area contributed by atoms with E-state index in [1.165, 1.54) is 12.8 Å². The van der Waals surface area contributed by atoms with Crippen molar-refractivity contribution in [2.75, 3.05) is 26.2 Å². The molecule has 0 spiro atoms. The van der Waals surface area contributed by atoms with Crippen LogP contribution < -0.4 is 10.6 Å². The second-order valence-electron chi connectivity index (χ2n) is 7.05. The molecular weight excluding hydrogens is 302 g/mol. The second-order valence-corrected chi connectivity index (χ2v) is 7.05. The Bertz CT molecular complexity index is 432. The Hall–Kier alpha value is -0.810. The Morgan fingerprint density at radius 3 is 3.00 bits per heavy atom. The molecule has 22 heavy (non-hydrogen) atoms. The number of hydrogen-bond acceptors (Lipinski definition) is 3. The van der Waals surface area contributed by atoms with Gasteiger partial charge < -0.3 is 15.5 Å². The molecule has 1 saturated carbocycles. The Morgan fingerprint density at radius 1 is 1.45 bits per heavy atom. The van der Waals surface area contributed by atoms with Gasteiger partial charge in [-0.1, -0.05) is 12.8 Å². The summed E-state index contributed by atoms with van der Waals surface area (Å²) >= 11 is 0. The third-order valence-corrected chi connectivity index (χ3v) is 5.53. The van der Waals surface area contributed by atoms with E-state index in [1.807, 2.05) is 11.8 Å². The predicted molar refractivity (Wildman–Crippen MR) is 87.9 cm³/mol. The number of likely N-dealkylation sites (tertiary alicyclic amines) is 1. The van der Waals surface area contributed by atoms with Crippen molar-refractivity contribution in [3.63, 3.8) is 0 Å². The van der Waals surface area contributed by atoms with Gasteiger partial charge in [0.15, 0.2) is 0 Å². The van der Waals surface area contributed by atoms with Gasteiger partial charge in [-0.15, -0.1) is 12.4 Å². The summed E-state index contributed by atoms with van der Waals surface area (Å²) in [5, 5.41) is 6.60. The summed E-state index contributed by atoms with van der Waals surface area (Å²) in [6.07, 6.45) is 6.20. The normalized spacial score (nSPS) is 32.3. The molecule has 0 aromatic rings. The van der Waals surface area contributed by atoms with E-state index in [9.17, 15) is 9.59 Å². The van der Waals surface area contributed by atoms with E-state index in [1.54, 1.807) is 0 Å². The number of carbonyl (C=O) groups is 2. The summed E-state index contributed by atoms with van der Waals surface area (Å²) in [6.45, 7) is 5.30. The summed E-state index contributed by atoms with van der Waals surface area (Å²) in [6, 6.07) is 0.0390. The van der Waals surface area contributed by atoms with E-state index in [2.05, 4.69) is 10.6 Å². The summed E-state index contributed by atoms with van der Waals surface area (Å²) in [4.78, 5) is 26.4. The first-order chi connectivity index (χ1) is 10.1. The maximum atomic E-state index is 12.8.